The molecule has 19 heavy (non-hydrogen) atoms. The Morgan fingerprint density at radius 2 is 2.21 bits per heavy atom. The molecular weight excluding hydrogens is 287 g/mol. The van der Waals surface area contributed by atoms with Crippen molar-refractivity contribution in [2.24, 2.45) is 0 Å². The lowest BCUT2D eigenvalue weighted by Gasteiger charge is -2.13. The smallest absolute Gasteiger partial charge is 0.242 e. The van der Waals surface area contributed by atoms with Crippen LogP contribution in [0.4, 0.5) is 0 Å². The van der Waals surface area contributed by atoms with Crippen molar-refractivity contribution in [3.8, 4) is 0 Å². The fourth-order valence-electron chi connectivity index (χ4n) is 1.74. The van der Waals surface area contributed by atoms with Crippen LogP contribution in [0.2, 0.25) is 5.02 Å². The molecule has 5 nitrogen and oxygen atoms in total. The lowest BCUT2D eigenvalue weighted by Crippen LogP contribution is -2.27. The lowest BCUT2D eigenvalue weighted by atomic mass is 10.4. The summed E-state index contributed by atoms with van der Waals surface area (Å²) in [5, 5.41) is 0.188. The predicted octanol–water partition coefficient (Wildman–Crippen LogP) is 2.47. The molecule has 0 bridgehead atoms. The number of nitrogens with zero attached hydrogens (tertiary/aromatic N) is 4. The van der Waals surface area contributed by atoms with Gasteiger partial charge in [0.2, 0.25) is 5.91 Å². The number of fused-ring (bicyclic) bond motifs is 1. The van der Waals surface area contributed by atoms with Crippen LogP contribution in [0.5, 0.6) is 0 Å². The zero-order valence-corrected chi connectivity index (χ0v) is 12.4. The summed E-state index contributed by atoms with van der Waals surface area (Å²) in [5.41, 5.74) is 1.25. The molecule has 0 N–H and O–H groups in total. The topological polar surface area (TPSA) is 51.0 Å². The molecule has 0 spiro atoms. The molecule has 0 aliphatic heterocycles. The van der Waals surface area contributed by atoms with E-state index >= 15 is 0 Å². The summed E-state index contributed by atoms with van der Waals surface area (Å²) in [6.07, 6.45) is 1.53. The summed E-state index contributed by atoms with van der Waals surface area (Å²) in [6.45, 7) is 1.96. The van der Waals surface area contributed by atoms with Gasteiger partial charge in [-0.3, -0.25) is 4.79 Å². The Hall–Kier alpha value is -1.33. The maximum atomic E-state index is 11.9. The Kier molecular flexibility index (Phi) is 3.96. The van der Waals surface area contributed by atoms with Gasteiger partial charge in [-0.05, 0) is 13.0 Å². The molecule has 2 aromatic rings. The van der Waals surface area contributed by atoms with Crippen molar-refractivity contribution in [2.75, 3.05) is 14.1 Å². The van der Waals surface area contributed by atoms with E-state index < -0.39 is 0 Å². The summed E-state index contributed by atoms with van der Waals surface area (Å²) in [5.74, 6) is 0.566. The standard InChI is InChI=1S/C12H14Cl2N4O/c1-7(13)11-16-9-4-8(14)5-15-12(9)18(11)6-10(19)17(2)3/h4-5,7H,6H2,1-3H3. The molecule has 0 saturated heterocycles. The first-order valence-electron chi connectivity index (χ1n) is 5.76. The Balaban J connectivity index is 2.55. The second-order valence-electron chi connectivity index (χ2n) is 4.46. The number of pyridine rings is 1. The SMILES string of the molecule is CC(Cl)c1nc2cc(Cl)cnc2n1CC(=O)N(C)C. The molecule has 2 heterocycles. The van der Waals surface area contributed by atoms with Crippen LogP contribution in [0.3, 0.4) is 0 Å². The molecule has 2 rings (SSSR count). The number of carbonyl (C=O) groups is 1. The Morgan fingerprint density at radius 1 is 1.53 bits per heavy atom. The second kappa shape index (κ2) is 5.35. The van der Waals surface area contributed by atoms with Gasteiger partial charge in [-0.2, -0.15) is 0 Å². The second-order valence-corrected chi connectivity index (χ2v) is 5.55. The molecule has 1 amide bonds. The first-order chi connectivity index (χ1) is 8.90. The number of halogens is 2. The lowest BCUT2D eigenvalue weighted by molar-refractivity contribution is -0.129. The number of hydrogen-bond donors (Lipinski definition) is 0. The highest BCUT2D eigenvalue weighted by atomic mass is 35.5. The predicted molar refractivity (Wildman–Crippen MR) is 75.5 cm³/mol. The molecule has 7 heteroatoms. The van der Waals surface area contributed by atoms with Crippen LogP contribution < -0.4 is 0 Å². The molecule has 1 unspecified atom stereocenters. The van der Waals surface area contributed by atoms with Crippen molar-refractivity contribution in [3.63, 3.8) is 0 Å². The first kappa shape index (κ1) is 14.1. The quantitative estimate of drug-likeness (QED) is 0.818. The van der Waals surface area contributed by atoms with Gasteiger partial charge in [0.25, 0.3) is 0 Å². The van der Waals surface area contributed by atoms with Gasteiger partial charge in [-0.25, -0.2) is 9.97 Å². The van der Waals surface area contributed by atoms with Crippen molar-refractivity contribution in [1.82, 2.24) is 19.4 Å². The molecule has 0 saturated carbocycles. The number of aromatic nitrogens is 3. The minimum Gasteiger partial charge on any atom is -0.347 e. The van der Waals surface area contributed by atoms with Gasteiger partial charge in [-0.1, -0.05) is 11.6 Å². The van der Waals surface area contributed by atoms with E-state index in [0.29, 0.717) is 22.0 Å². The number of amides is 1. The third kappa shape index (κ3) is 2.82. The molecule has 0 aliphatic carbocycles. The van der Waals surface area contributed by atoms with E-state index in [-0.39, 0.29) is 17.8 Å². The Morgan fingerprint density at radius 3 is 2.79 bits per heavy atom. The number of alkyl halides is 1. The molecule has 0 aromatic carbocycles. The Labute approximate surface area is 121 Å². The average Bonchev–Trinajstić information content (AvgIpc) is 2.67. The number of imidazole rings is 1. The van der Waals surface area contributed by atoms with Gasteiger partial charge in [0.15, 0.2) is 5.65 Å². The van der Waals surface area contributed by atoms with Crippen LogP contribution in [0, 0.1) is 0 Å². The van der Waals surface area contributed by atoms with E-state index in [9.17, 15) is 4.79 Å². The van der Waals surface area contributed by atoms with Crippen molar-refractivity contribution in [1.29, 1.82) is 0 Å². The van der Waals surface area contributed by atoms with E-state index in [1.165, 1.54) is 11.1 Å². The maximum Gasteiger partial charge on any atom is 0.242 e. The highest BCUT2D eigenvalue weighted by Gasteiger charge is 2.18. The molecule has 1 atom stereocenters. The van der Waals surface area contributed by atoms with Gasteiger partial charge in [0.05, 0.1) is 10.4 Å². The fourth-order valence-corrected chi connectivity index (χ4v) is 2.06. The largest absolute Gasteiger partial charge is 0.347 e. The van der Waals surface area contributed by atoms with Crippen molar-refractivity contribution in [3.05, 3.63) is 23.1 Å². The van der Waals surface area contributed by atoms with Crippen LogP contribution in [-0.4, -0.2) is 39.4 Å². The van der Waals surface area contributed by atoms with E-state index in [0.717, 1.165) is 0 Å². The van der Waals surface area contributed by atoms with Crippen molar-refractivity contribution < 1.29 is 4.79 Å². The summed E-state index contributed by atoms with van der Waals surface area (Å²) in [7, 11) is 3.41. The molecule has 2 aromatic heterocycles. The summed E-state index contributed by atoms with van der Waals surface area (Å²) < 4.78 is 1.73. The van der Waals surface area contributed by atoms with Crippen LogP contribution >= 0.6 is 23.2 Å². The van der Waals surface area contributed by atoms with Crippen molar-refractivity contribution in [2.45, 2.75) is 18.8 Å². The average molecular weight is 301 g/mol. The third-order valence-electron chi connectivity index (χ3n) is 2.73. The van der Waals surface area contributed by atoms with Crippen LogP contribution in [0.25, 0.3) is 11.2 Å². The number of rotatable bonds is 3. The molecule has 0 radical (unpaired) electrons. The zero-order chi connectivity index (χ0) is 14.2. The number of carbonyl (C=O) groups excluding carboxylic acids is 1. The number of hydrogen-bond acceptors (Lipinski definition) is 3. The van der Waals surface area contributed by atoms with Crippen LogP contribution in [-0.2, 0) is 11.3 Å². The van der Waals surface area contributed by atoms with Gasteiger partial charge < -0.3 is 9.47 Å². The fraction of sp³-hybridized carbons (Fsp3) is 0.417. The highest BCUT2D eigenvalue weighted by molar-refractivity contribution is 6.31. The molecule has 102 valence electrons. The monoisotopic (exact) mass is 300 g/mol. The van der Waals surface area contributed by atoms with E-state index in [1.54, 1.807) is 31.7 Å². The summed E-state index contributed by atoms with van der Waals surface area (Å²) in [6, 6.07) is 1.71. The molecule has 0 fully saturated rings. The Bertz CT molecular complexity index is 621. The zero-order valence-electron chi connectivity index (χ0n) is 10.9. The van der Waals surface area contributed by atoms with Crippen LogP contribution in [0.15, 0.2) is 12.3 Å². The normalized spacial score (nSPS) is 12.7. The first-order valence-corrected chi connectivity index (χ1v) is 6.57. The summed E-state index contributed by atoms with van der Waals surface area (Å²) in [4.78, 5) is 22.0. The number of likely N-dealkylation sites (N-methyl/N-ethyl adjacent to an activating group) is 1. The minimum absolute atomic E-state index is 0.0467. The van der Waals surface area contributed by atoms with Gasteiger partial charge in [-0.15, -0.1) is 11.6 Å². The minimum atomic E-state index is -0.317. The van der Waals surface area contributed by atoms with Crippen LogP contribution in [0.1, 0.15) is 18.1 Å². The third-order valence-corrected chi connectivity index (χ3v) is 3.13. The van der Waals surface area contributed by atoms with Gasteiger partial charge in [0, 0.05) is 20.3 Å². The molecule has 0 aliphatic rings. The summed E-state index contributed by atoms with van der Waals surface area (Å²) >= 11 is 12.0. The van der Waals surface area contributed by atoms with E-state index in [1.807, 2.05) is 0 Å². The molecular formula is C12H14Cl2N4O. The maximum absolute atomic E-state index is 11.9. The van der Waals surface area contributed by atoms with E-state index in [4.69, 9.17) is 23.2 Å². The highest BCUT2D eigenvalue weighted by Crippen LogP contribution is 2.25. The van der Waals surface area contributed by atoms with Gasteiger partial charge >= 0.3 is 0 Å². The van der Waals surface area contributed by atoms with Gasteiger partial charge in [0.1, 0.15) is 17.9 Å². The van der Waals surface area contributed by atoms with Crippen molar-refractivity contribution >= 4 is 40.3 Å². The van der Waals surface area contributed by atoms with E-state index in [2.05, 4.69) is 9.97 Å².